The second kappa shape index (κ2) is 9.74. The Kier molecular flexibility index (Phi) is 6.77. The molecule has 0 bridgehead atoms. The highest BCUT2D eigenvalue weighted by Gasteiger charge is 2.39. The summed E-state index contributed by atoms with van der Waals surface area (Å²) in [5.74, 6) is -0.148. The van der Waals surface area contributed by atoms with Crippen molar-refractivity contribution in [3.8, 4) is 0 Å². The fraction of sp³-hybridized carbons (Fsp3) is 0.304. The molecule has 4 rings (SSSR count). The van der Waals surface area contributed by atoms with Gasteiger partial charge in [-0.15, -0.1) is 0 Å². The first kappa shape index (κ1) is 23.0. The molecule has 0 amide bonds. The molecule has 3 aromatic rings. The number of hydrogen-bond donors (Lipinski definition) is 3. The van der Waals surface area contributed by atoms with Crippen molar-refractivity contribution in [2.24, 2.45) is 5.92 Å². The minimum Gasteiger partial charge on any atom is -0.390 e. The molecule has 2 aromatic heterocycles. The van der Waals surface area contributed by atoms with Gasteiger partial charge in [0.15, 0.2) is 0 Å². The summed E-state index contributed by atoms with van der Waals surface area (Å²) < 4.78 is 13.6. The van der Waals surface area contributed by atoms with Gasteiger partial charge in [-0.3, -0.25) is 9.48 Å². The molecule has 1 fully saturated rings. The molecule has 33 heavy (non-hydrogen) atoms. The number of hydrogen-bond acceptors (Lipinski definition) is 8. The Hall–Kier alpha value is -3.21. The maximum absolute atomic E-state index is 13.1. The first-order chi connectivity index (χ1) is 15.9. The van der Waals surface area contributed by atoms with Gasteiger partial charge in [-0.25, -0.2) is 14.2 Å². The summed E-state index contributed by atoms with van der Waals surface area (Å²) >= 11 is 0. The fourth-order valence-corrected chi connectivity index (χ4v) is 4.62. The van der Waals surface area contributed by atoms with E-state index in [-0.39, 0.29) is 28.8 Å². The van der Waals surface area contributed by atoms with E-state index in [1.165, 1.54) is 17.9 Å². The zero-order valence-electron chi connectivity index (χ0n) is 18.0. The number of aliphatic hydroxyl groups excluding tert-OH is 2. The number of ketones is 1. The second-order valence-electron chi connectivity index (χ2n) is 8.07. The third-order valence-electron chi connectivity index (χ3n) is 5.75. The molecule has 172 valence electrons. The van der Waals surface area contributed by atoms with Gasteiger partial charge in [0.25, 0.3) is 0 Å². The van der Waals surface area contributed by atoms with Crippen LogP contribution in [0.25, 0.3) is 0 Å². The van der Waals surface area contributed by atoms with Crippen LogP contribution in [-0.2, 0) is 17.3 Å². The van der Waals surface area contributed by atoms with Gasteiger partial charge in [0.05, 0.1) is 35.1 Å². The van der Waals surface area contributed by atoms with E-state index in [0.29, 0.717) is 17.9 Å². The first-order valence-corrected chi connectivity index (χ1v) is 11.7. The Morgan fingerprint density at radius 1 is 1.33 bits per heavy atom. The largest absolute Gasteiger partial charge is 0.390 e. The number of nitrogens with zero attached hydrogens (tertiary/aromatic N) is 4. The zero-order valence-corrected chi connectivity index (χ0v) is 18.9. The predicted octanol–water partition coefficient (Wildman–Crippen LogP) is 1.75. The van der Waals surface area contributed by atoms with E-state index in [9.17, 15) is 19.2 Å². The summed E-state index contributed by atoms with van der Waals surface area (Å²) in [6.45, 7) is 5.81. The number of carbonyl (C=O) groups excluding carboxylic acids is 1. The highest BCUT2D eigenvalue weighted by atomic mass is 32.2. The van der Waals surface area contributed by atoms with E-state index in [1.54, 1.807) is 23.0 Å². The van der Waals surface area contributed by atoms with Crippen molar-refractivity contribution in [2.75, 3.05) is 5.32 Å². The van der Waals surface area contributed by atoms with Gasteiger partial charge in [0.2, 0.25) is 5.78 Å². The molecule has 0 spiro atoms. The molecule has 1 aromatic carbocycles. The molecule has 5 atom stereocenters. The average Bonchev–Trinajstić information content (AvgIpc) is 3.39. The van der Waals surface area contributed by atoms with Gasteiger partial charge >= 0.3 is 0 Å². The number of nitrogens with one attached hydrogen (secondary N) is 1. The van der Waals surface area contributed by atoms with Crippen LogP contribution < -0.4 is 5.32 Å². The van der Waals surface area contributed by atoms with Crippen LogP contribution in [0.4, 0.5) is 5.82 Å². The lowest BCUT2D eigenvalue weighted by molar-refractivity contribution is 0.0210. The molecule has 3 N–H and O–H groups in total. The fourth-order valence-electron chi connectivity index (χ4n) is 3.95. The Morgan fingerprint density at radius 3 is 2.88 bits per heavy atom. The van der Waals surface area contributed by atoms with E-state index in [2.05, 4.69) is 27.0 Å². The number of rotatable bonds is 8. The molecular weight excluding hydrogens is 442 g/mol. The Bertz CT molecular complexity index is 1200. The lowest BCUT2D eigenvalue weighted by Gasteiger charge is -2.19. The van der Waals surface area contributed by atoms with Crippen LogP contribution in [0, 0.1) is 5.92 Å². The number of anilines is 1. The maximum atomic E-state index is 13.1. The van der Waals surface area contributed by atoms with E-state index in [1.807, 2.05) is 25.1 Å². The molecule has 1 saturated carbocycles. The van der Waals surface area contributed by atoms with Gasteiger partial charge < -0.3 is 15.5 Å². The number of aromatic nitrogens is 4. The van der Waals surface area contributed by atoms with Crippen LogP contribution in [0.2, 0.25) is 0 Å². The smallest absolute Gasteiger partial charge is 0.218 e. The van der Waals surface area contributed by atoms with Crippen molar-refractivity contribution in [3.63, 3.8) is 0 Å². The van der Waals surface area contributed by atoms with Gasteiger partial charge in [0, 0.05) is 22.7 Å². The molecule has 1 aliphatic rings. The van der Waals surface area contributed by atoms with Crippen molar-refractivity contribution < 1.29 is 19.2 Å². The number of aliphatic hydroxyl groups is 2. The van der Waals surface area contributed by atoms with Gasteiger partial charge in [-0.05, 0) is 36.1 Å². The predicted molar refractivity (Wildman–Crippen MR) is 123 cm³/mol. The average molecular weight is 468 g/mol. The SMILES string of the molecule is C=CS(=O)c1cccc(Cn2ccc(C(=O)c3cncnc3N[C@@H]3C[C@@H](C)[C@@H](O)[C@H]3O)n2)c1. The summed E-state index contributed by atoms with van der Waals surface area (Å²) in [5, 5.41) is 29.2. The highest BCUT2D eigenvalue weighted by molar-refractivity contribution is 7.88. The third kappa shape index (κ3) is 4.92. The quantitative estimate of drug-likeness (QED) is 0.427. The molecule has 10 heteroatoms. The summed E-state index contributed by atoms with van der Waals surface area (Å²) in [4.78, 5) is 21.9. The Labute approximate surface area is 193 Å². The van der Waals surface area contributed by atoms with Crippen LogP contribution in [0.5, 0.6) is 0 Å². The first-order valence-electron chi connectivity index (χ1n) is 10.5. The number of benzene rings is 1. The van der Waals surface area contributed by atoms with E-state index < -0.39 is 29.0 Å². The number of carbonyl (C=O) groups is 1. The van der Waals surface area contributed by atoms with Crippen molar-refractivity contribution in [1.82, 2.24) is 19.7 Å². The van der Waals surface area contributed by atoms with Crippen LogP contribution in [0.1, 0.15) is 35.0 Å². The summed E-state index contributed by atoms with van der Waals surface area (Å²) in [5.41, 5.74) is 1.34. The molecule has 1 aliphatic carbocycles. The van der Waals surface area contributed by atoms with Crippen LogP contribution in [0.3, 0.4) is 0 Å². The van der Waals surface area contributed by atoms with Gasteiger partial charge in [-0.2, -0.15) is 5.10 Å². The van der Waals surface area contributed by atoms with Gasteiger partial charge in [-0.1, -0.05) is 25.6 Å². The summed E-state index contributed by atoms with van der Waals surface area (Å²) in [6, 6.07) is 8.47. The lowest BCUT2D eigenvalue weighted by Crippen LogP contribution is -2.35. The maximum Gasteiger partial charge on any atom is 0.218 e. The minimum absolute atomic E-state index is 0.0726. The van der Waals surface area contributed by atoms with Crippen molar-refractivity contribution in [3.05, 3.63) is 77.9 Å². The molecule has 9 nitrogen and oxygen atoms in total. The Morgan fingerprint density at radius 2 is 2.15 bits per heavy atom. The normalized spacial score (nSPS) is 23.2. The summed E-state index contributed by atoms with van der Waals surface area (Å²) in [6.07, 6.45) is 3.18. The minimum atomic E-state index is -1.27. The standard InChI is InChI=1S/C23H25N5O4S/c1-3-33(32)16-6-4-5-15(10-16)12-28-8-7-18(27-28)21(30)17-11-24-13-25-23(17)26-19-9-14(2)20(29)22(19)31/h3-8,10-11,13-14,19-20,22,29,31H,1,9,12H2,2H3,(H,24,25,26)/t14-,19-,20-,22+,33?/m1/s1. The van der Waals surface area contributed by atoms with E-state index >= 15 is 0 Å². The van der Waals surface area contributed by atoms with Crippen LogP contribution >= 0.6 is 0 Å². The van der Waals surface area contributed by atoms with Crippen molar-refractivity contribution in [1.29, 1.82) is 0 Å². The van der Waals surface area contributed by atoms with E-state index in [4.69, 9.17) is 0 Å². The van der Waals surface area contributed by atoms with Gasteiger partial charge in [0.1, 0.15) is 23.9 Å². The highest BCUT2D eigenvalue weighted by Crippen LogP contribution is 2.29. The molecule has 2 heterocycles. The molecule has 0 saturated heterocycles. The lowest BCUT2D eigenvalue weighted by atomic mass is 10.1. The zero-order chi connectivity index (χ0) is 23.5. The van der Waals surface area contributed by atoms with Crippen molar-refractivity contribution in [2.45, 2.75) is 43.0 Å². The molecular formula is C23H25N5O4S. The molecule has 0 radical (unpaired) electrons. The Balaban J connectivity index is 1.51. The second-order valence-corrected chi connectivity index (χ2v) is 9.47. The molecule has 1 unspecified atom stereocenters. The summed E-state index contributed by atoms with van der Waals surface area (Å²) in [7, 11) is -1.27. The third-order valence-corrected chi connectivity index (χ3v) is 6.77. The topological polar surface area (TPSA) is 130 Å². The monoisotopic (exact) mass is 467 g/mol. The molecule has 0 aliphatic heterocycles. The van der Waals surface area contributed by atoms with Crippen LogP contribution in [-0.4, -0.2) is 58.2 Å². The van der Waals surface area contributed by atoms with E-state index in [0.717, 1.165) is 5.56 Å². The van der Waals surface area contributed by atoms with Crippen LogP contribution in [0.15, 0.2) is 65.9 Å². The van der Waals surface area contributed by atoms with Crippen molar-refractivity contribution >= 4 is 22.4 Å².